The van der Waals surface area contributed by atoms with E-state index in [0.29, 0.717) is 6.07 Å². The number of benzene rings is 1. The van der Waals surface area contributed by atoms with Gasteiger partial charge in [-0.25, -0.2) is 8.78 Å². The SMILES string of the molecule is Nc1cc(CC(F)F)cc(C(F)(F)F)c1. The van der Waals surface area contributed by atoms with Gasteiger partial charge in [0.15, 0.2) is 0 Å². The van der Waals surface area contributed by atoms with Gasteiger partial charge in [-0.3, -0.25) is 0 Å². The lowest BCUT2D eigenvalue weighted by atomic mass is 10.1. The second kappa shape index (κ2) is 4.04. The summed E-state index contributed by atoms with van der Waals surface area (Å²) in [6.07, 6.45) is -7.98. The van der Waals surface area contributed by atoms with Crippen LogP contribution in [0.5, 0.6) is 0 Å². The molecule has 0 bridgehead atoms. The number of halogens is 5. The molecule has 84 valence electrons. The first-order valence-electron chi connectivity index (χ1n) is 4.04. The van der Waals surface area contributed by atoms with Gasteiger partial charge in [-0.1, -0.05) is 0 Å². The molecule has 0 aliphatic rings. The molecule has 1 rings (SSSR count). The molecule has 0 aromatic heterocycles. The molecule has 15 heavy (non-hydrogen) atoms. The first-order valence-corrected chi connectivity index (χ1v) is 4.04. The summed E-state index contributed by atoms with van der Waals surface area (Å²) in [6, 6.07) is 2.51. The molecule has 0 heterocycles. The third kappa shape index (κ3) is 3.38. The highest BCUT2D eigenvalue weighted by Crippen LogP contribution is 2.31. The molecule has 0 saturated heterocycles. The summed E-state index contributed by atoms with van der Waals surface area (Å²) in [4.78, 5) is 0. The van der Waals surface area contributed by atoms with E-state index in [1.807, 2.05) is 0 Å². The maximum Gasteiger partial charge on any atom is 0.416 e. The van der Waals surface area contributed by atoms with Crippen molar-refractivity contribution >= 4 is 5.69 Å². The fourth-order valence-electron chi connectivity index (χ4n) is 1.18. The van der Waals surface area contributed by atoms with Gasteiger partial charge in [0.1, 0.15) is 0 Å². The number of hydrogen-bond acceptors (Lipinski definition) is 1. The first-order chi connectivity index (χ1) is 6.79. The van der Waals surface area contributed by atoms with Gasteiger partial charge in [-0.05, 0) is 23.8 Å². The van der Waals surface area contributed by atoms with E-state index in [0.717, 1.165) is 12.1 Å². The predicted molar refractivity (Wildman–Crippen MR) is 45.6 cm³/mol. The Balaban J connectivity index is 3.06. The van der Waals surface area contributed by atoms with Crippen molar-refractivity contribution in [1.29, 1.82) is 0 Å². The van der Waals surface area contributed by atoms with E-state index >= 15 is 0 Å². The number of nitrogen functional groups attached to an aromatic ring is 1. The van der Waals surface area contributed by atoms with Gasteiger partial charge in [0, 0.05) is 12.1 Å². The van der Waals surface area contributed by atoms with Crippen LogP contribution in [0, 0.1) is 0 Å². The smallest absolute Gasteiger partial charge is 0.399 e. The Kier molecular flexibility index (Phi) is 3.16. The largest absolute Gasteiger partial charge is 0.416 e. The van der Waals surface area contributed by atoms with Crippen molar-refractivity contribution in [1.82, 2.24) is 0 Å². The minimum absolute atomic E-state index is 0.114. The fourth-order valence-corrected chi connectivity index (χ4v) is 1.18. The molecule has 6 heteroatoms. The van der Waals surface area contributed by atoms with Crippen molar-refractivity contribution in [2.75, 3.05) is 5.73 Å². The zero-order valence-electron chi connectivity index (χ0n) is 7.48. The van der Waals surface area contributed by atoms with E-state index in [1.165, 1.54) is 0 Å². The average Bonchev–Trinajstić information content (AvgIpc) is 1.99. The Labute approximate surface area is 82.7 Å². The van der Waals surface area contributed by atoms with Crippen molar-refractivity contribution in [2.45, 2.75) is 19.0 Å². The Bertz CT molecular complexity index is 345. The van der Waals surface area contributed by atoms with Gasteiger partial charge >= 0.3 is 6.18 Å². The van der Waals surface area contributed by atoms with Crippen molar-refractivity contribution in [3.63, 3.8) is 0 Å². The van der Waals surface area contributed by atoms with Gasteiger partial charge in [0.25, 0.3) is 0 Å². The van der Waals surface area contributed by atoms with Crippen LogP contribution in [0.2, 0.25) is 0 Å². The van der Waals surface area contributed by atoms with Gasteiger partial charge in [-0.15, -0.1) is 0 Å². The standard InChI is InChI=1S/C9H8F5N/c10-8(11)3-5-1-6(9(12,13)14)4-7(15)2-5/h1-2,4,8H,3,15H2. The molecule has 0 unspecified atom stereocenters. The van der Waals surface area contributed by atoms with E-state index < -0.39 is 24.6 Å². The second-order valence-electron chi connectivity index (χ2n) is 3.06. The lowest BCUT2D eigenvalue weighted by Crippen LogP contribution is -2.08. The van der Waals surface area contributed by atoms with Crippen LogP contribution in [0.4, 0.5) is 27.6 Å². The van der Waals surface area contributed by atoms with Gasteiger partial charge in [0.2, 0.25) is 6.43 Å². The molecule has 0 amide bonds. The molecular weight excluding hydrogens is 217 g/mol. The van der Waals surface area contributed by atoms with Gasteiger partial charge < -0.3 is 5.73 Å². The third-order valence-corrected chi connectivity index (χ3v) is 1.73. The summed E-state index contributed by atoms with van der Waals surface area (Å²) in [5.74, 6) is 0. The number of alkyl halides is 5. The molecular formula is C9H8F5N. The van der Waals surface area contributed by atoms with Crippen molar-refractivity contribution < 1.29 is 22.0 Å². The molecule has 0 saturated carbocycles. The molecule has 1 aromatic rings. The van der Waals surface area contributed by atoms with Gasteiger partial charge in [0.05, 0.1) is 5.56 Å². The summed E-state index contributed by atoms with van der Waals surface area (Å²) in [5, 5.41) is 0. The quantitative estimate of drug-likeness (QED) is 0.607. The van der Waals surface area contributed by atoms with Gasteiger partial charge in [-0.2, -0.15) is 13.2 Å². The summed E-state index contributed by atoms with van der Waals surface area (Å²) >= 11 is 0. The van der Waals surface area contributed by atoms with Crippen LogP contribution < -0.4 is 5.73 Å². The lowest BCUT2D eigenvalue weighted by Gasteiger charge is -2.10. The Morgan fingerprint density at radius 2 is 1.73 bits per heavy atom. The highest BCUT2D eigenvalue weighted by Gasteiger charge is 2.31. The van der Waals surface area contributed by atoms with Crippen LogP contribution in [0.1, 0.15) is 11.1 Å². The zero-order chi connectivity index (χ0) is 11.6. The molecule has 1 aromatic carbocycles. The number of rotatable bonds is 2. The van der Waals surface area contributed by atoms with Crippen LogP contribution in [0.25, 0.3) is 0 Å². The number of hydrogen-bond donors (Lipinski definition) is 1. The van der Waals surface area contributed by atoms with E-state index in [2.05, 4.69) is 0 Å². The molecule has 0 aliphatic carbocycles. The monoisotopic (exact) mass is 225 g/mol. The second-order valence-corrected chi connectivity index (χ2v) is 3.06. The highest BCUT2D eigenvalue weighted by molar-refractivity contribution is 5.45. The van der Waals surface area contributed by atoms with E-state index in [-0.39, 0.29) is 11.3 Å². The molecule has 0 spiro atoms. The minimum atomic E-state index is -4.56. The van der Waals surface area contributed by atoms with Crippen LogP contribution in [-0.4, -0.2) is 6.43 Å². The van der Waals surface area contributed by atoms with E-state index in [1.54, 1.807) is 0 Å². The average molecular weight is 225 g/mol. The first kappa shape index (κ1) is 11.7. The Morgan fingerprint density at radius 1 is 1.13 bits per heavy atom. The molecule has 0 aliphatic heterocycles. The van der Waals surface area contributed by atoms with Crippen LogP contribution >= 0.6 is 0 Å². The fraction of sp³-hybridized carbons (Fsp3) is 0.333. The summed E-state index contributed by atoms with van der Waals surface area (Å²) in [5.41, 5.74) is 3.91. The van der Waals surface area contributed by atoms with Crippen molar-refractivity contribution in [3.8, 4) is 0 Å². The van der Waals surface area contributed by atoms with Crippen molar-refractivity contribution in [3.05, 3.63) is 29.3 Å². The lowest BCUT2D eigenvalue weighted by molar-refractivity contribution is -0.137. The minimum Gasteiger partial charge on any atom is -0.399 e. The molecule has 2 N–H and O–H groups in total. The Morgan fingerprint density at radius 3 is 2.20 bits per heavy atom. The normalized spacial score (nSPS) is 12.1. The summed E-state index contributed by atoms with van der Waals surface area (Å²) < 4.78 is 60.6. The van der Waals surface area contributed by atoms with Crippen LogP contribution in [0.3, 0.4) is 0 Å². The predicted octanol–water partition coefficient (Wildman–Crippen LogP) is 3.10. The van der Waals surface area contributed by atoms with E-state index in [4.69, 9.17) is 5.73 Å². The van der Waals surface area contributed by atoms with Crippen molar-refractivity contribution in [2.24, 2.45) is 0 Å². The Hall–Kier alpha value is -1.33. The molecule has 0 fully saturated rings. The van der Waals surface area contributed by atoms with Crippen LogP contribution in [0.15, 0.2) is 18.2 Å². The highest BCUT2D eigenvalue weighted by atomic mass is 19.4. The maximum absolute atomic E-state index is 12.2. The molecule has 1 nitrogen and oxygen atoms in total. The number of anilines is 1. The molecule has 0 atom stereocenters. The third-order valence-electron chi connectivity index (χ3n) is 1.73. The molecule has 0 radical (unpaired) electrons. The van der Waals surface area contributed by atoms with E-state index in [9.17, 15) is 22.0 Å². The zero-order valence-corrected chi connectivity index (χ0v) is 7.48. The topological polar surface area (TPSA) is 26.0 Å². The maximum atomic E-state index is 12.2. The van der Waals surface area contributed by atoms with Crippen LogP contribution in [-0.2, 0) is 12.6 Å². The summed E-state index contributed by atoms with van der Waals surface area (Å²) in [7, 11) is 0. The number of nitrogens with two attached hydrogens (primary N) is 1. The summed E-state index contributed by atoms with van der Waals surface area (Å²) in [6.45, 7) is 0.